The van der Waals surface area contributed by atoms with Crippen LogP contribution in [0.3, 0.4) is 0 Å². The Kier molecular flexibility index (Phi) is 1.37. The second kappa shape index (κ2) is 2.19. The molecule has 0 amide bonds. The van der Waals surface area contributed by atoms with Gasteiger partial charge < -0.3 is 5.11 Å². The number of hydrogen-bond acceptors (Lipinski definition) is 2. The molecule has 0 saturated heterocycles. The van der Waals surface area contributed by atoms with Gasteiger partial charge in [0.15, 0.2) is 6.29 Å². The fourth-order valence-corrected chi connectivity index (χ4v) is 0.481. The van der Waals surface area contributed by atoms with E-state index in [2.05, 4.69) is 11.5 Å². The van der Waals surface area contributed by atoms with Crippen LogP contribution in [0.2, 0.25) is 0 Å². The average Bonchev–Trinajstić information content (AvgIpc) is 1.89. The number of aliphatic hydroxyl groups excluding tert-OH is 1. The van der Waals surface area contributed by atoms with Crippen molar-refractivity contribution >= 4 is 6.29 Å². The first-order valence-electron chi connectivity index (χ1n) is 2.40. The Hall–Kier alpha value is -1.49. The summed E-state index contributed by atoms with van der Waals surface area (Å²) in [6, 6.07) is 0. The van der Waals surface area contributed by atoms with Gasteiger partial charge in [-0.15, -0.1) is 0 Å². The van der Waals surface area contributed by atoms with Crippen molar-refractivity contribution in [2.75, 3.05) is 0 Å². The molecule has 1 N–H and O–H groups in total. The van der Waals surface area contributed by atoms with E-state index in [1.165, 1.54) is 12.2 Å². The number of carbonyl (C=O) groups is 1. The minimum atomic E-state index is -0.0521. The second-order valence-corrected chi connectivity index (χ2v) is 1.54. The van der Waals surface area contributed by atoms with Crippen molar-refractivity contribution in [3.8, 4) is 0 Å². The van der Waals surface area contributed by atoms with Crippen molar-refractivity contribution in [3.63, 3.8) is 0 Å². The monoisotopic (exact) mass is 120 g/mol. The van der Waals surface area contributed by atoms with E-state index in [4.69, 9.17) is 5.11 Å². The number of allylic oxidation sites excluding steroid dienone is 3. The smallest absolute Gasteiger partial charge is 0.154 e. The number of aldehydes is 1. The molecule has 2 nitrogen and oxygen atoms in total. The first kappa shape index (κ1) is 5.64. The Labute approximate surface area is 52.1 Å². The molecule has 9 heavy (non-hydrogen) atoms. The summed E-state index contributed by atoms with van der Waals surface area (Å²) in [5, 5.41) is 8.83. The molecule has 0 fully saturated rings. The van der Waals surface area contributed by atoms with Crippen LogP contribution < -0.4 is 0 Å². The first-order valence-corrected chi connectivity index (χ1v) is 2.40. The highest BCUT2D eigenvalue weighted by Gasteiger charge is 1.97. The summed E-state index contributed by atoms with van der Waals surface area (Å²) < 4.78 is 0. The lowest BCUT2D eigenvalue weighted by atomic mass is 10.2. The lowest BCUT2D eigenvalue weighted by Crippen LogP contribution is -1.87. The molecule has 0 radical (unpaired) electrons. The molecule has 0 aromatic carbocycles. The van der Waals surface area contributed by atoms with Crippen LogP contribution in [0, 0.1) is 0 Å². The summed E-state index contributed by atoms with van der Waals surface area (Å²) in [6.07, 6.45) is 3.24. The van der Waals surface area contributed by atoms with E-state index in [1.54, 1.807) is 0 Å². The summed E-state index contributed by atoms with van der Waals surface area (Å²) >= 11 is 0. The summed E-state index contributed by atoms with van der Waals surface area (Å²) in [5.41, 5.74) is 5.28. The second-order valence-electron chi connectivity index (χ2n) is 1.54. The molecular formula is C7H4O2. The van der Waals surface area contributed by atoms with Crippen molar-refractivity contribution in [1.82, 2.24) is 0 Å². The standard InChI is InChI=1S/C7H4O2/c8-5-6-3-1-2-4-7(6)9/h3-5,9H. The van der Waals surface area contributed by atoms with Gasteiger partial charge in [0.25, 0.3) is 0 Å². The van der Waals surface area contributed by atoms with Gasteiger partial charge in [-0.2, -0.15) is 0 Å². The predicted molar refractivity (Wildman–Crippen MR) is 31.9 cm³/mol. The Bertz CT molecular complexity index is 259. The highest BCUT2D eigenvalue weighted by molar-refractivity contribution is 5.79. The van der Waals surface area contributed by atoms with Crippen LogP contribution in [0.15, 0.2) is 34.9 Å². The van der Waals surface area contributed by atoms with Crippen molar-refractivity contribution in [2.45, 2.75) is 0 Å². The quantitative estimate of drug-likeness (QED) is 0.412. The maximum absolute atomic E-state index is 10.0. The third kappa shape index (κ3) is 1.000. The van der Waals surface area contributed by atoms with Gasteiger partial charge in [0.1, 0.15) is 5.76 Å². The highest BCUT2D eigenvalue weighted by atomic mass is 16.3. The zero-order valence-corrected chi connectivity index (χ0v) is 4.59. The minimum absolute atomic E-state index is 0.0521. The van der Waals surface area contributed by atoms with Crippen molar-refractivity contribution < 1.29 is 9.90 Å². The van der Waals surface area contributed by atoms with Gasteiger partial charge in [-0.3, -0.25) is 4.79 Å². The predicted octanol–water partition coefficient (Wildman–Crippen LogP) is 0.877. The maximum atomic E-state index is 10.0. The normalized spacial score (nSPS) is 14.7. The number of hydrogen-bond donors (Lipinski definition) is 1. The molecule has 0 saturated carbocycles. The van der Waals surface area contributed by atoms with Crippen LogP contribution in [0.4, 0.5) is 0 Å². The van der Waals surface area contributed by atoms with E-state index >= 15 is 0 Å². The highest BCUT2D eigenvalue weighted by Crippen LogP contribution is 2.02. The zero-order chi connectivity index (χ0) is 6.69. The Morgan fingerprint density at radius 3 is 2.56 bits per heavy atom. The van der Waals surface area contributed by atoms with E-state index in [9.17, 15) is 4.79 Å². The van der Waals surface area contributed by atoms with Crippen LogP contribution in [0.5, 0.6) is 0 Å². The third-order valence-electron chi connectivity index (χ3n) is 0.943. The molecule has 0 aromatic rings. The fraction of sp³-hybridized carbons (Fsp3) is 0. The third-order valence-corrected chi connectivity index (χ3v) is 0.943. The number of carbonyl (C=O) groups excluding carboxylic acids is 1. The Morgan fingerprint density at radius 1 is 1.44 bits per heavy atom. The molecule has 1 aliphatic rings. The molecule has 0 aliphatic heterocycles. The Morgan fingerprint density at radius 2 is 2.11 bits per heavy atom. The van der Waals surface area contributed by atoms with Crippen LogP contribution in [-0.4, -0.2) is 11.4 Å². The molecule has 0 spiro atoms. The van der Waals surface area contributed by atoms with Gasteiger partial charge in [0.05, 0.1) is 5.57 Å². The molecule has 0 heterocycles. The largest absolute Gasteiger partial charge is 0.507 e. The molecule has 2 heteroatoms. The van der Waals surface area contributed by atoms with Gasteiger partial charge in [0, 0.05) is 12.2 Å². The molecule has 0 aromatic heterocycles. The van der Waals surface area contributed by atoms with Gasteiger partial charge in [0.2, 0.25) is 0 Å². The van der Waals surface area contributed by atoms with E-state index in [1.807, 2.05) is 0 Å². The van der Waals surface area contributed by atoms with Gasteiger partial charge in [-0.05, 0) is 0 Å². The molecule has 1 aliphatic carbocycles. The van der Waals surface area contributed by atoms with Crippen LogP contribution in [0.1, 0.15) is 0 Å². The van der Waals surface area contributed by atoms with E-state index in [-0.39, 0.29) is 11.3 Å². The SMILES string of the molecule is O=CC1=C(O)C=C=C=C1. The maximum Gasteiger partial charge on any atom is 0.154 e. The van der Waals surface area contributed by atoms with Gasteiger partial charge in [-0.1, -0.05) is 11.5 Å². The van der Waals surface area contributed by atoms with Gasteiger partial charge >= 0.3 is 0 Å². The molecule has 1 rings (SSSR count). The van der Waals surface area contributed by atoms with E-state index in [0.717, 1.165) is 0 Å². The molecule has 44 valence electrons. The van der Waals surface area contributed by atoms with Crippen LogP contribution in [0.25, 0.3) is 0 Å². The lowest BCUT2D eigenvalue weighted by molar-refractivity contribution is -0.104. The summed E-state index contributed by atoms with van der Waals surface area (Å²) in [4.78, 5) is 10.0. The average molecular weight is 120 g/mol. The molecular weight excluding hydrogens is 116 g/mol. The molecule has 0 unspecified atom stereocenters. The minimum Gasteiger partial charge on any atom is -0.507 e. The van der Waals surface area contributed by atoms with Crippen LogP contribution >= 0.6 is 0 Å². The topological polar surface area (TPSA) is 37.3 Å². The zero-order valence-electron chi connectivity index (χ0n) is 4.59. The fourth-order valence-electron chi connectivity index (χ4n) is 0.481. The van der Waals surface area contributed by atoms with E-state index < -0.39 is 0 Å². The van der Waals surface area contributed by atoms with Gasteiger partial charge in [-0.25, -0.2) is 0 Å². The number of rotatable bonds is 1. The van der Waals surface area contributed by atoms with Crippen molar-refractivity contribution in [2.24, 2.45) is 0 Å². The molecule has 0 atom stereocenters. The van der Waals surface area contributed by atoms with Crippen LogP contribution in [-0.2, 0) is 4.79 Å². The Balaban J connectivity index is 3.11. The van der Waals surface area contributed by atoms with Crippen molar-refractivity contribution in [3.05, 3.63) is 34.9 Å². The summed E-state index contributed by atoms with van der Waals surface area (Å²) in [7, 11) is 0. The lowest BCUT2D eigenvalue weighted by Gasteiger charge is -1.91. The first-order chi connectivity index (χ1) is 4.34. The summed E-state index contributed by atoms with van der Waals surface area (Å²) in [5.74, 6) is -0.0521. The molecule has 0 bridgehead atoms. The number of aliphatic hydroxyl groups is 1. The van der Waals surface area contributed by atoms with E-state index in [0.29, 0.717) is 6.29 Å². The van der Waals surface area contributed by atoms with Crippen molar-refractivity contribution in [1.29, 1.82) is 0 Å². The summed E-state index contributed by atoms with van der Waals surface area (Å²) in [6.45, 7) is 0.